The summed E-state index contributed by atoms with van der Waals surface area (Å²) in [5, 5.41) is 4.07. The summed E-state index contributed by atoms with van der Waals surface area (Å²) >= 11 is 0. The number of amides is 1. The van der Waals surface area contributed by atoms with Gasteiger partial charge in [0.25, 0.3) is 5.91 Å². The molecule has 2 aromatic heterocycles. The first-order valence-electron chi connectivity index (χ1n) is 10.5. The fourth-order valence-electron chi connectivity index (χ4n) is 3.48. The Labute approximate surface area is 173 Å². The minimum atomic E-state index is 0.0149. The fraction of sp³-hybridized carbons (Fsp3) is 0.417. The van der Waals surface area contributed by atoms with Crippen LogP contribution in [0.1, 0.15) is 36.3 Å². The summed E-state index contributed by atoms with van der Waals surface area (Å²) in [6.45, 7) is 7.80. The van der Waals surface area contributed by atoms with Crippen LogP contribution < -0.4 is 5.32 Å². The standard InChI is InChI=1S/C24H32N4O/c1-19(2)17-26-24(29)22-18-28(23-11-5-4-10-21(22)23)15-8-14-27(3)16-12-20-9-6-7-13-25-20/h4-7,9-11,13,18-19H,8,12,14-17H2,1-3H3,(H,26,29). The molecule has 0 aliphatic carbocycles. The summed E-state index contributed by atoms with van der Waals surface area (Å²) in [6, 6.07) is 14.2. The maximum atomic E-state index is 12.6. The van der Waals surface area contributed by atoms with Crippen LogP contribution in [0.15, 0.2) is 54.9 Å². The normalized spacial score (nSPS) is 11.5. The average Bonchev–Trinajstić information content (AvgIpc) is 3.10. The van der Waals surface area contributed by atoms with Crippen molar-refractivity contribution in [1.82, 2.24) is 19.8 Å². The molecule has 1 aromatic carbocycles. The largest absolute Gasteiger partial charge is 0.352 e. The fourth-order valence-corrected chi connectivity index (χ4v) is 3.48. The minimum absolute atomic E-state index is 0.0149. The van der Waals surface area contributed by atoms with Gasteiger partial charge < -0.3 is 14.8 Å². The van der Waals surface area contributed by atoms with Crippen molar-refractivity contribution in [2.24, 2.45) is 5.92 Å². The van der Waals surface area contributed by atoms with E-state index >= 15 is 0 Å². The Bertz CT molecular complexity index is 917. The number of carbonyl (C=O) groups excluding carboxylic acids is 1. The third kappa shape index (κ3) is 5.91. The molecular formula is C24H32N4O. The molecule has 0 aliphatic heterocycles. The zero-order chi connectivity index (χ0) is 20.6. The van der Waals surface area contributed by atoms with Crippen molar-refractivity contribution in [2.45, 2.75) is 33.2 Å². The van der Waals surface area contributed by atoms with Gasteiger partial charge in [0.05, 0.1) is 5.56 Å². The van der Waals surface area contributed by atoms with E-state index in [2.05, 4.69) is 52.8 Å². The number of nitrogens with zero attached hydrogens (tertiary/aromatic N) is 3. The van der Waals surface area contributed by atoms with Gasteiger partial charge in [-0.2, -0.15) is 0 Å². The molecule has 1 amide bonds. The van der Waals surface area contributed by atoms with Gasteiger partial charge >= 0.3 is 0 Å². The molecule has 0 radical (unpaired) electrons. The molecule has 0 aliphatic rings. The quantitative estimate of drug-likeness (QED) is 0.568. The number of aromatic nitrogens is 2. The summed E-state index contributed by atoms with van der Waals surface area (Å²) < 4.78 is 2.21. The van der Waals surface area contributed by atoms with Gasteiger partial charge in [0.2, 0.25) is 0 Å². The number of fused-ring (bicyclic) bond motifs is 1. The number of hydrogen-bond donors (Lipinski definition) is 1. The Balaban J connectivity index is 1.57. The highest BCUT2D eigenvalue weighted by Crippen LogP contribution is 2.21. The van der Waals surface area contributed by atoms with Gasteiger partial charge in [-0.15, -0.1) is 0 Å². The van der Waals surface area contributed by atoms with Crippen LogP contribution in [0.3, 0.4) is 0 Å². The van der Waals surface area contributed by atoms with Crippen LogP contribution in [0.4, 0.5) is 0 Å². The van der Waals surface area contributed by atoms with Crippen LogP contribution >= 0.6 is 0 Å². The van der Waals surface area contributed by atoms with Crippen molar-refractivity contribution in [2.75, 3.05) is 26.7 Å². The minimum Gasteiger partial charge on any atom is -0.352 e. The van der Waals surface area contributed by atoms with Crippen molar-refractivity contribution in [1.29, 1.82) is 0 Å². The van der Waals surface area contributed by atoms with Gasteiger partial charge in [-0.05, 0) is 44.1 Å². The summed E-state index contributed by atoms with van der Waals surface area (Å²) in [5.74, 6) is 0.454. The third-order valence-electron chi connectivity index (χ3n) is 5.12. The lowest BCUT2D eigenvalue weighted by molar-refractivity contribution is 0.0950. The molecule has 3 rings (SSSR count). The van der Waals surface area contributed by atoms with E-state index in [0.29, 0.717) is 12.5 Å². The third-order valence-corrected chi connectivity index (χ3v) is 5.12. The van der Waals surface area contributed by atoms with Gasteiger partial charge in [0.1, 0.15) is 0 Å². The van der Waals surface area contributed by atoms with E-state index in [0.717, 1.165) is 54.6 Å². The molecule has 0 unspecified atom stereocenters. The zero-order valence-corrected chi connectivity index (χ0v) is 17.8. The highest BCUT2D eigenvalue weighted by atomic mass is 16.1. The van der Waals surface area contributed by atoms with E-state index in [1.165, 1.54) is 0 Å². The molecule has 0 bridgehead atoms. The van der Waals surface area contributed by atoms with Crippen LogP contribution in [0.2, 0.25) is 0 Å². The van der Waals surface area contributed by atoms with Crippen molar-refractivity contribution < 1.29 is 4.79 Å². The first-order valence-corrected chi connectivity index (χ1v) is 10.5. The summed E-state index contributed by atoms with van der Waals surface area (Å²) in [4.78, 5) is 19.4. The second kappa shape index (κ2) is 10.2. The smallest absolute Gasteiger partial charge is 0.253 e. The van der Waals surface area contributed by atoms with E-state index in [1.807, 2.05) is 42.7 Å². The van der Waals surface area contributed by atoms with Gasteiger partial charge in [-0.25, -0.2) is 0 Å². The number of carbonyl (C=O) groups is 1. The topological polar surface area (TPSA) is 50.2 Å². The van der Waals surface area contributed by atoms with Crippen molar-refractivity contribution in [3.05, 3.63) is 66.1 Å². The lowest BCUT2D eigenvalue weighted by Crippen LogP contribution is -2.27. The second-order valence-corrected chi connectivity index (χ2v) is 8.09. The van der Waals surface area contributed by atoms with Crippen LogP contribution in [0.5, 0.6) is 0 Å². The number of hydrogen-bond acceptors (Lipinski definition) is 3. The Morgan fingerprint density at radius 2 is 1.93 bits per heavy atom. The van der Waals surface area contributed by atoms with E-state index in [-0.39, 0.29) is 5.91 Å². The van der Waals surface area contributed by atoms with Gasteiger partial charge in [-0.1, -0.05) is 38.1 Å². The Morgan fingerprint density at radius 3 is 2.69 bits per heavy atom. The Morgan fingerprint density at radius 1 is 1.14 bits per heavy atom. The molecule has 2 heterocycles. The Kier molecular flexibility index (Phi) is 7.42. The number of nitrogens with one attached hydrogen (secondary N) is 1. The second-order valence-electron chi connectivity index (χ2n) is 8.09. The van der Waals surface area contributed by atoms with E-state index < -0.39 is 0 Å². The van der Waals surface area contributed by atoms with Crippen LogP contribution in [-0.2, 0) is 13.0 Å². The van der Waals surface area contributed by atoms with Crippen LogP contribution in [0, 0.1) is 5.92 Å². The molecule has 5 nitrogen and oxygen atoms in total. The SMILES string of the molecule is CC(C)CNC(=O)c1cn(CCCN(C)CCc2ccccn2)c2ccccc12. The van der Waals surface area contributed by atoms with E-state index in [9.17, 15) is 4.79 Å². The van der Waals surface area contributed by atoms with Crippen LogP contribution in [0.25, 0.3) is 10.9 Å². The lowest BCUT2D eigenvalue weighted by atomic mass is 10.1. The predicted molar refractivity (Wildman–Crippen MR) is 119 cm³/mol. The monoisotopic (exact) mass is 392 g/mol. The highest BCUT2D eigenvalue weighted by molar-refractivity contribution is 6.07. The van der Waals surface area contributed by atoms with Gasteiger partial charge in [0.15, 0.2) is 0 Å². The van der Waals surface area contributed by atoms with Crippen molar-refractivity contribution >= 4 is 16.8 Å². The number of benzene rings is 1. The number of aryl methyl sites for hydroxylation is 1. The molecule has 5 heteroatoms. The first-order chi connectivity index (χ1) is 14.0. The Hall–Kier alpha value is -2.66. The molecule has 3 aromatic rings. The lowest BCUT2D eigenvalue weighted by Gasteiger charge is -2.16. The molecule has 0 saturated heterocycles. The predicted octanol–water partition coefficient (Wildman–Crippen LogP) is 3.99. The molecule has 1 N–H and O–H groups in total. The van der Waals surface area contributed by atoms with Crippen molar-refractivity contribution in [3.63, 3.8) is 0 Å². The van der Waals surface area contributed by atoms with Crippen LogP contribution in [-0.4, -0.2) is 47.0 Å². The van der Waals surface area contributed by atoms with E-state index in [4.69, 9.17) is 0 Å². The average molecular weight is 393 g/mol. The first kappa shape index (κ1) is 21.1. The summed E-state index contributed by atoms with van der Waals surface area (Å²) in [5.41, 5.74) is 3.02. The maximum Gasteiger partial charge on any atom is 0.253 e. The van der Waals surface area contributed by atoms with E-state index in [1.54, 1.807) is 0 Å². The number of likely N-dealkylation sites (N-methyl/N-ethyl adjacent to an activating group) is 1. The molecule has 0 fully saturated rings. The highest BCUT2D eigenvalue weighted by Gasteiger charge is 2.15. The molecule has 29 heavy (non-hydrogen) atoms. The summed E-state index contributed by atoms with van der Waals surface area (Å²) in [7, 11) is 2.15. The van der Waals surface area contributed by atoms with Gasteiger partial charge in [0, 0.05) is 55.0 Å². The molecule has 154 valence electrons. The summed E-state index contributed by atoms with van der Waals surface area (Å²) in [6.07, 6.45) is 5.85. The molecule has 0 saturated carbocycles. The number of pyridine rings is 1. The van der Waals surface area contributed by atoms with Gasteiger partial charge in [-0.3, -0.25) is 9.78 Å². The van der Waals surface area contributed by atoms with Crippen molar-refractivity contribution in [3.8, 4) is 0 Å². The molecule has 0 spiro atoms. The zero-order valence-electron chi connectivity index (χ0n) is 17.8. The number of para-hydroxylation sites is 1. The number of rotatable bonds is 10. The molecular weight excluding hydrogens is 360 g/mol. The maximum absolute atomic E-state index is 12.6. The molecule has 0 atom stereocenters.